The summed E-state index contributed by atoms with van der Waals surface area (Å²) in [6, 6.07) is 9.17. The van der Waals surface area contributed by atoms with Crippen molar-refractivity contribution in [1.82, 2.24) is 24.4 Å². The van der Waals surface area contributed by atoms with Crippen molar-refractivity contribution < 1.29 is 19.4 Å². The zero-order chi connectivity index (χ0) is 22.1. The summed E-state index contributed by atoms with van der Waals surface area (Å²) in [5.74, 6) is 1.63. The average Bonchev–Trinajstić information content (AvgIpc) is 3.32. The third kappa shape index (κ3) is 5.88. The molecule has 1 fully saturated rings. The molecule has 2 aromatic heterocycles. The number of methoxy groups -OCH3 is 1. The lowest BCUT2D eigenvalue weighted by molar-refractivity contribution is -0.122. The molecule has 1 atom stereocenters. The van der Waals surface area contributed by atoms with E-state index in [1.165, 1.54) is 0 Å². The van der Waals surface area contributed by atoms with E-state index in [-0.39, 0.29) is 12.4 Å². The van der Waals surface area contributed by atoms with Gasteiger partial charge in [0, 0.05) is 55.4 Å². The molecule has 9 nitrogen and oxygen atoms in total. The van der Waals surface area contributed by atoms with Gasteiger partial charge in [0.2, 0.25) is 5.88 Å². The Morgan fingerprint density at radius 1 is 1.26 bits per heavy atom. The molecule has 9 heteroatoms. The van der Waals surface area contributed by atoms with Crippen LogP contribution < -0.4 is 4.74 Å². The number of carbonyl (C=O) groups is 2. The Morgan fingerprint density at radius 3 is 2.71 bits per heavy atom. The fraction of sp³-hybridized carbons (Fsp3) is 0.318. The van der Waals surface area contributed by atoms with Crippen LogP contribution in [0.2, 0.25) is 0 Å². The molecule has 1 aliphatic rings. The summed E-state index contributed by atoms with van der Waals surface area (Å²) in [6.45, 7) is 2.23. The van der Waals surface area contributed by atoms with Crippen molar-refractivity contribution in [1.29, 1.82) is 0 Å². The molecular weight excluding hydrogens is 398 g/mol. The van der Waals surface area contributed by atoms with Crippen molar-refractivity contribution in [2.24, 2.45) is 5.92 Å². The number of hydrogen-bond acceptors (Lipinski definition) is 6. The summed E-state index contributed by atoms with van der Waals surface area (Å²) in [5, 5.41) is 6.89. The Bertz CT molecular complexity index is 976. The van der Waals surface area contributed by atoms with Gasteiger partial charge in [-0.25, -0.2) is 9.97 Å². The molecule has 1 unspecified atom stereocenters. The Morgan fingerprint density at radius 2 is 2.03 bits per heavy atom. The molecule has 3 heterocycles. The fourth-order valence-electron chi connectivity index (χ4n) is 3.63. The SMILES string of the molecule is COc1ccnc(-c2ccc(C(=O)N3CCCC(Cn4ccnc4)C3)cc2)n1.O=CO. The van der Waals surface area contributed by atoms with Gasteiger partial charge in [-0.1, -0.05) is 12.1 Å². The van der Waals surface area contributed by atoms with E-state index in [2.05, 4.69) is 19.5 Å². The fourth-order valence-corrected chi connectivity index (χ4v) is 3.63. The number of hydrogen-bond donors (Lipinski definition) is 1. The van der Waals surface area contributed by atoms with Crippen molar-refractivity contribution in [2.75, 3.05) is 20.2 Å². The molecule has 0 radical (unpaired) electrons. The van der Waals surface area contributed by atoms with Gasteiger partial charge in [-0.3, -0.25) is 9.59 Å². The van der Waals surface area contributed by atoms with E-state index in [4.69, 9.17) is 14.6 Å². The average molecular weight is 423 g/mol. The van der Waals surface area contributed by atoms with E-state index in [0.717, 1.165) is 38.0 Å². The van der Waals surface area contributed by atoms with Gasteiger partial charge in [-0.05, 0) is 30.9 Å². The molecule has 3 aromatic rings. The van der Waals surface area contributed by atoms with Crippen LogP contribution >= 0.6 is 0 Å². The summed E-state index contributed by atoms with van der Waals surface area (Å²) in [5.41, 5.74) is 1.54. The van der Waals surface area contributed by atoms with Crippen molar-refractivity contribution in [3.63, 3.8) is 0 Å². The van der Waals surface area contributed by atoms with Gasteiger partial charge in [0.05, 0.1) is 13.4 Å². The van der Waals surface area contributed by atoms with Gasteiger partial charge in [-0.15, -0.1) is 0 Å². The first-order valence-electron chi connectivity index (χ1n) is 9.95. The normalized spacial score (nSPS) is 15.5. The maximum absolute atomic E-state index is 13.0. The first-order valence-corrected chi connectivity index (χ1v) is 9.95. The van der Waals surface area contributed by atoms with Gasteiger partial charge >= 0.3 is 0 Å². The van der Waals surface area contributed by atoms with Crippen LogP contribution in [0.25, 0.3) is 11.4 Å². The predicted molar refractivity (Wildman–Crippen MR) is 114 cm³/mol. The number of aromatic nitrogens is 4. The Hall–Kier alpha value is -3.75. The van der Waals surface area contributed by atoms with Crippen molar-refractivity contribution >= 4 is 12.4 Å². The van der Waals surface area contributed by atoms with Crippen LogP contribution in [-0.2, 0) is 11.3 Å². The second-order valence-corrected chi connectivity index (χ2v) is 7.12. The van der Waals surface area contributed by atoms with Crippen molar-refractivity contribution in [2.45, 2.75) is 19.4 Å². The minimum atomic E-state index is -0.250. The van der Waals surface area contributed by atoms with Crippen LogP contribution in [0.3, 0.4) is 0 Å². The number of ether oxygens (including phenoxy) is 1. The van der Waals surface area contributed by atoms with Crippen LogP contribution in [0.5, 0.6) is 5.88 Å². The van der Waals surface area contributed by atoms with Crippen molar-refractivity contribution in [3.8, 4) is 17.3 Å². The Kier molecular flexibility index (Phi) is 7.69. The predicted octanol–water partition coefficient (Wildman–Crippen LogP) is 2.60. The molecular formula is C22H25N5O4. The summed E-state index contributed by atoms with van der Waals surface area (Å²) in [6.07, 6.45) is 9.42. The zero-order valence-electron chi connectivity index (χ0n) is 17.3. The number of nitrogens with zero attached hydrogens (tertiary/aromatic N) is 5. The quantitative estimate of drug-likeness (QED) is 0.628. The van der Waals surface area contributed by atoms with E-state index in [9.17, 15) is 4.79 Å². The number of likely N-dealkylation sites (tertiary alicyclic amines) is 1. The molecule has 4 rings (SSSR count). The number of rotatable bonds is 5. The van der Waals surface area contributed by atoms with Crippen LogP contribution in [0.1, 0.15) is 23.2 Å². The number of imidazole rings is 1. The van der Waals surface area contributed by atoms with Crippen LogP contribution in [-0.4, -0.2) is 62.1 Å². The summed E-state index contributed by atoms with van der Waals surface area (Å²) < 4.78 is 7.23. The van der Waals surface area contributed by atoms with Gasteiger partial charge in [0.15, 0.2) is 5.82 Å². The largest absolute Gasteiger partial charge is 0.483 e. The highest BCUT2D eigenvalue weighted by Gasteiger charge is 2.24. The Labute approximate surface area is 180 Å². The first kappa shape index (κ1) is 21.9. The molecule has 162 valence electrons. The number of carboxylic acid groups (broad SMARTS) is 1. The zero-order valence-corrected chi connectivity index (χ0v) is 17.3. The molecule has 1 aromatic carbocycles. The highest BCUT2D eigenvalue weighted by atomic mass is 16.5. The second kappa shape index (κ2) is 10.9. The third-order valence-corrected chi connectivity index (χ3v) is 5.06. The van der Waals surface area contributed by atoms with E-state index in [1.807, 2.05) is 41.7 Å². The summed E-state index contributed by atoms with van der Waals surface area (Å²) in [7, 11) is 1.58. The highest BCUT2D eigenvalue weighted by molar-refractivity contribution is 5.94. The molecule has 0 bridgehead atoms. The molecule has 31 heavy (non-hydrogen) atoms. The lowest BCUT2D eigenvalue weighted by Crippen LogP contribution is -2.41. The maximum atomic E-state index is 13.0. The molecule has 1 aliphatic heterocycles. The molecule has 1 amide bonds. The monoisotopic (exact) mass is 423 g/mol. The molecule has 0 aliphatic carbocycles. The highest BCUT2D eigenvalue weighted by Crippen LogP contribution is 2.22. The minimum absolute atomic E-state index is 0.0773. The van der Waals surface area contributed by atoms with Crippen LogP contribution in [0.4, 0.5) is 0 Å². The first-order chi connectivity index (χ1) is 15.1. The summed E-state index contributed by atoms with van der Waals surface area (Å²) in [4.78, 5) is 36.0. The van der Waals surface area contributed by atoms with Crippen LogP contribution in [0, 0.1) is 5.92 Å². The van der Waals surface area contributed by atoms with Gasteiger partial charge in [-0.2, -0.15) is 4.98 Å². The van der Waals surface area contributed by atoms with E-state index in [1.54, 1.807) is 25.6 Å². The molecule has 1 saturated heterocycles. The molecule has 0 saturated carbocycles. The molecule has 0 spiro atoms. The minimum Gasteiger partial charge on any atom is -0.483 e. The smallest absolute Gasteiger partial charge is 0.290 e. The number of carbonyl (C=O) groups excluding carboxylic acids is 1. The second-order valence-electron chi connectivity index (χ2n) is 7.12. The molecule has 1 N–H and O–H groups in total. The van der Waals surface area contributed by atoms with Crippen LogP contribution in [0.15, 0.2) is 55.2 Å². The number of amides is 1. The standard InChI is InChI=1S/C21H23N5O2.CH2O2/c1-28-19-8-9-23-20(24-19)17-4-6-18(7-5-17)21(27)26-11-2-3-16(14-26)13-25-12-10-22-15-25;2-1-3/h4-10,12,15-16H,2-3,11,13-14H2,1H3;1H,(H,2,3). The van der Waals surface area contributed by atoms with E-state index < -0.39 is 0 Å². The van der Waals surface area contributed by atoms with E-state index >= 15 is 0 Å². The summed E-state index contributed by atoms with van der Waals surface area (Å²) >= 11 is 0. The lowest BCUT2D eigenvalue weighted by atomic mass is 9.97. The maximum Gasteiger partial charge on any atom is 0.290 e. The lowest BCUT2D eigenvalue weighted by Gasteiger charge is -2.33. The number of piperidine rings is 1. The topological polar surface area (TPSA) is 110 Å². The van der Waals surface area contributed by atoms with Gasteiger partial charge in [0.1, 0.15) is 0 Å². The van der Waals surface area contributed by atoms with Crippen molar-refractivity contribution in [3.05, 3.63) is 60.8 Å². The van der Waals surface area contributed by atoms with E-state index in [0.29, 0.717) is 23.2 Å². The Balaban J connectivity index is 0.000000858. The van der Waals surface area contributed by atoms with Gasteiger partial charge < -0.3 is 19.3 Å². The van der Waals surface area contributed by atoms with Gasteiger partial charge in [0.25, 0.3) is 12.4 Å². The third-order valence-electron chi connectivity index (χ3n) is 5.06. The number of benzene rings is 1.